The summed E-state index contributed by atoms with van der Waals surface area (Å²) >= 11 is 0. The van der Waals surface area contributed by atoms with E-state index in [4.69, 9.17) is 4.74 Å². The van der Waals surface area contributed by atoms with Crippen molar-refractivity contribution in [3.63, 3.8) is 0 Å². The van der Waals surface area contributed by atoms with Crippen LogP contribution in [0.5, 0.6) is 5.75 Å². The normalized spacial score (nSPS) is 24.3. The van der Waals surface area contributed by atoms with Crippen molar-refractivity contribution in [3.05, 3.63) is 75.9 Å². The third-order valence-electron chi connectivity index (χ3n) is 6.75. The Hall–Kier alpha value is -4.34. The lowest BCUT2D eigenvalue weighted by Gasteiger charge is -2.13. The highest BCUT2D eigenvalue weighted by Crippen LogP contribution is 2.52. The summed E-state index contributed by atoms with van der Waals surface area (Å²) in [6.07, 6.45) is 5.96. The lowest BCUT2D eigenvalue weighted by Crippen LogP contribution is -2.28. The van der Waals surface area contributed by atoms with E-state index in [9.17, 15) is 24.5 Å². The molecule has 4 atom stereocenters. The van der Waals surface area contributed by atoms with Gasteiger partial charge in [0.2, 0.25) is 5.75 Å². The molecule has 178 valence electrons. The number of carbonyl (C=O) groups excluding carboxylic acids is 3. The molecule has 1 saturated heterocycles. The lowest BCUT2D eigenvalue weighted by atomic mass is 9.85. The number of benzene rings is 2. The van der Waals surface area contributed by atoms with Gasteiger partial charge in [0.05, 0.1) is 23.0 Å². The monoisotopic (exact) mass is 474 g/mol. The SMILES string of the molecule is Cc1ccccc1NC(=O)COc1c(C=NN2C(=O)C3C4C=CC(C4)C3C2=O)cccc1[N+](=O)[O-]. The average Bonchev–Trinajstić information content (AvgIpc) is 3.52. The van der Waals surface area contributed by atoms with Gasteiger partial charge in [0.25, 0.3) is 17.7 Å². The first kappa shape index (κ1) is 22.5. The number of hydrogen-bond acceptors (Lipinski definition) is 7. The summed E-state index contributed by atoms with van der Waals surface area (Å²) in [5.41, 5.74) is 1.26. The highest BCUT2D eigenvalue weighted by atomic mass is 16.6. The Bertz CT molecular complexity index is 1270. The van der Waals surface area contributed by atoms with E-state index in [2.05, 4.69) is 10.4 Å². The molecule has 0 spiro atoms. The first-order valence-electron chi connectivity index (χ1n) is 11.2. The van der Waals surface area contributed by atoms with Crippen molar-refractivity contribution in [3.8, 4) is 5.75 Å². The number of hydrazone groups is 1. The Labute approximate surface area is 200 Å². The van der Waals surface area contributed by atoms with E-state index in [-0.39, 0.29) is 40.7 Å². The summed E-state index contributed by atoms with van der Waals surface area (Å²) in [7, 11) is 0. The van der Waals surface area contributed by atoms with Crippen molar-refractivity contribution in [1.29, 1.82) is 0 Å². The number of anilines is 1. The van der Waals surface area contributed by atoms with Gasteiger partial charge in [0.1, 0.15) is 0 Å². The maximum atomic E-state index is 12.8. The van der Waals surface area contributed by atoms with Crippen molar-refractivity contribution >= 4 is 35.3 Å². The first-order chi connectivity index (χ1) is 16.8. The fourth-order valence-electron chi connectivity index (χ4n) is 5.10. The number of fused-ring (bicyclic) bond motifs is 5. The maximum absolute atomic E-state index is 12.8. The van der Waals surface area contributed by atoms with Gasteiger partial charge in [-0.3, -0.25) is 24.5 Å². The van der Waals surface area contributed by atoms with Crippen molar-refractivity contribution in [2.24, 2.45) is 28.8 Å². The minimum atomic E-state index is -0.633. The third kappa shape index (κ3) is 3.96. The summed E-state index contributed by atoms with van der Waals surface area (Å²) in [4.78, 5) is 49.1. The molecule has 0 radical (unpaired) electrons. The summed E-state index contributed by atoms with van der Waals surface area (Å²) in [5, 5.41) is 19.2. The van der Waals surface area contributed by atoms with Gasteiger partial charge in [0.15, 0.2) is 6.61 Å². The smallest absolute Gasteiger partial charge is 0.311 e. The van der Waals surface area contributed by atoms with Crippen molar-refractivity contribution in [1.82, 2.24) is 5.01 Å². The summed E-state index contributed by atoms with van der Waals surface area (Å²) < 4.78 is 5.55. The number of aryl methyl sites for hydroxylation is 1. The first-order valence-corrected chi connectivity index (χ1v) is 11.2. The van der Waals surface area contributed by atoms with Crippen LogP contribution in [0.25, 0.3) is 0 Å². The fourth-order valence-corrected chi connectivity index (χ4v) is 5.10. The molecule has 2 fully saturated rings. The van der Waals surface area contributed by atoms with Crippen molar-refractivity contribution in [2.45, 2.75) is 13.3 Å². The number of ether oxygens (including phenoxy) is 1. The van der Waals surface area contributed by atoms with Gasteiger partial charge in [-0.15, -0.1) is 0 Å². The van der Waals surface area contributed by atoms with E-state index in [0.29, 0.717) is 5.69 Å². The Morgan fingerprint density at radius 2 is 1.83 bits per heavy atom. The zero-order valence-corrected chi connectivity index (χ0v) is 18.8. The standard InChI is InChI=1S/C25H22N4O6/c1-14-5-2-3-7-18(14)27-20(30)13-35-23-17(6-4-8-19(23)29(33)34)12-26-28-24(31)21-15-9-10-16(11-15)22(21)25(28)32/h2-10,12,15-16,21-22H,11,13H2,1H3,(H,27,30). The maximum Gasteiger partial charge on any atom is 0.311 e. The molecule has 3 amide bonds. The molecule has 4 unspecified atom stereocenters. The van der Waals surface area contributed by atoms with E-state index in [1.165, 1.54) is 24.4 Å². The molecule has 1 N–H and O–H groups in total. The van der Waals surface area contributed by atoms with Crippen LogP contribution in [0.3, 0.4) is 0 Å². The van der Waals surface area contributed by atoms with Gasteiger partial charge < -0.3 is 10.1 Å². The molecule has 0 aromatic heterocycles. The topological polar surface area (TPSA) is 131 Å². The minimum absolute atomic E-state index is 0.0464. The molecule has 2 aliphatic carbocycles. The molecule has 2 aromatic rings. The number of para-hydroxylation sites is 2. The molecular weight excluding hydrogens is 452 g/mol. The average molecular weight is 474 g/mol. The van der Waals surface area contributed by atoms with Crippen LogP contribution in [0, 0.1) is 40.7 Å². The number of nitro groups is 1. The highest BCUT2D eigenvalue weighted by molar-refractivity contribution is 6.07. The van der Waals surface area contributed by atoms with Crippen LogP contribution >= 0.6 is 0 Å². The Kier molecular flexibility index (Phi) is 5.64. The Morgan fingerprint density at radius 1 is 1.14 bits per heavy atom. The Morgan fingerprint density at radius 3 is 2.49 bits per heavy atom. The summed E-state index contributed by atoms with van der Waals surface area (Å²) in [6, 6.07) is 11.4. The zero-order valence-electron chi connectivity index (χ0n) is 18.8. The van der Waals surface area contributed by atoms with E-state index >= 15 is 0 Å². The second-order valence-electron chi connectivity index (χ2n) is 8.84. The number of amides is 3. The van der Waals surface area contributed by atoms with Gasteiger partial charge in [0, 0.05) is 17.3 Å². The summed E-state index contributed by atoms with van der Waals surface area (Å²) in [5.74, 6) is -2.11. The number of rotatable bonds is 7. The molecule has 2 aromatic carbocycles. The van der Waals surface area contributed by atoms with Crippen LogP contribution in [0.1, 0.15) is 17.5 Å². The number of nitrogens with one attached hydrogen (secondary N) is 1. The fraction of sp³-hybridized carbons (Fsp3) is 0.280. The molecule has 1 aliphatic heterocycles. The Balaban J connectivity index is 1.35. The van der Waals surface area contributed by atoms with Crippen LogP contribution in [-0.2, 0) is 14.4 Å². The van der Waals surface area contributed by atoms with Gasteiger partial charge in [-0.1, -0.05) is 36.4 Å². The van der Waals surface area contributed by atoms with Gasteiger partial charge in [-0.25, -0.2) is 0 Å². The highest BCUT2D eigenvalue weighted by Gasteiger charge is 2.59. The molecule has 1 saturated carbocycles. The second-order valence-corrected chi connectivity index (χ2v) is 8.84. The van der Waals surface area contributed by atoms with Crippen LogP contribution < -0.4 is 10.1 Å². The van der Waals surface area contributed by atoms with Gasteiger partial charge in [-0.2, -0.15) is 10.1 Å². The zero-order chi connectivity index (χ0) is 24.7. The number of allylic oxidation sites excluding steroid dienone is 2. The van der Waals surface area contributed by atoms with E-state index in [1.807, 2.05) is 31.2 Å². The van der Waals surface area contributed by atoms with E-state index < -0.39 is 29.3 Å². The molecule has 2 bridgehead atoms. The lowest BCUT2D eigenvalue weighted by molar-refractivity contribution is -0.385. The van der Waals surface area contributed by atoms with E-state index in [0.717, 1.165) is 17.0 Å². The van der Waals surface area contributed by atoms with Crippen LogP contribution in [-0.4, -0.2) is 40.5 Å². The van der Waals surface area contributed by atoms with Crippen molar-refractivity contribution in [2.75, 3.05) is 11.9 Å². The number of nitro benzene ring substituents is 1. The third-order valence-corrected chi connectivity index (χ3v) is 6.75. The molecule has 3 aliphatic rings. The van der Waals surface area contributed by atoms with E-state index in [1.54, 1.807) is 12.1 Å². The summed E-state index contributed by atoms with van der Waals surface area (Å²) in [6.45, 7) is 1.35. The number of carbonyl (C=O) groups is 3. The number of hydrogen-bond donors (Lipinski definition) is 1. The molecule has 5 rings (SSSR count). The van der Waals surface area contributed by atoms with Crippen LogP contribution in [0.4, 0.5) is 11.4 Å². The van der Waals surface area contributed by atoms with Gasteiger partial charge in [-0.05, 0) is 42.9 Å². The van der Waals surface area contributed by atoms with Crippen molar-refractivity contribution < 1.29 is 24.0 Å². The van der Waals surface area contributed by atoms with Crippen LogP contribution in [0.2, 0.25) is 0 Å². The quantitative estimate of drug-likeness (QED) is 0.216. The molecule has 35 heavy (non-hydrogen) atoms. The van der Waals surface area contributed by atoms with Gasteiger partial charge >= 0.3 is 5.69 Å². The molecule has 10 nitrogen and oxygen atoms in total. The molecule has 1 heterocycles. The molecule has 10 heteroatoms. The van der Waals surface area contributed by atoms with Crippen LogP contribution in [0.15, 0.2) is 59.7 Å². The predicted molar refractivity (Wildman–Crippen MR) is 126 cm³/mol. The largest absolute Gasteiger partial charge is 0.476 e. The number of imide groups is 1. The number of nitrogens with zero attached hydrogens (tertiary/aromatic N) is 3. The molecular formula is C25H22N4O6. The predicted octanol–water partition coefficient (Wildman–Crippen LogP) is 3.06. The minimum Gasteiger partial charge on any atom is -0.476 e. The second kappa shape index (κ2) is 8.79.